The molecule has 2 aromatic heterocycles. The highest BCUT2D eigenvalue weighted by Crippen LogP contribution is 2.33. The van der Waals surface area contributed by atoms with Gasteiger partial charge in [0.05, 0.1) is 17.5 Å². The van der Waals surface area contributed by atoms with Gasteiger partial charge in [0.1, 0.15) is 0 Å². The van der Waals surface area contributed by atoms with E-state index in [-0.39, 0.29) is 32.8 Å². The quantitative estimate of drug-likeness (QED) is 0.682. The Kier molecular flexibility index (Phi) is 4.83. The van der Waals surface area contributed by atoms with Crippen molar-refractivity contribution in [3.8, 4) is 10.8 Å². The highest BCUT2D eigenvalue weighted by molar-refractivity contribution is 7.12. The van der Waals surface area contributed by atoms with E-state index in [1.54, 1.807) is 0 Å². The highest BCUT2D eigenvalue weighted by atomic mass is 32.1. The highest BCUT2D eigenvalue weighted by Gasteiger charge is 2.24. The van der Waals surface area contributed by atoms with E-state index >= 15 is 0 Å². The Labute approximate surface area is 154 Å². The van der Waals surface area contributed by atoms with E-state index < -0.39 is 36.5 Å². The van der Waals surface area contributed by atoms with Crippen molar-refractivity contribution >= 4 is 34.1 Å². The number of halogens is 3. The van der Waals surface area contributed by atoms with Crippen LogP contribution in [0.4, 0.5) is 13.2 Å². The van der Waals surface area contributed by atoms with Crippen molar-refractivity contribution in [3.63, 3.8) is 0 Å². The van der Waals surface area contributed by atoms with E-state index in [1.165, 1.54) is 12.3 Å². The number of aliphatic carboxylic acids is 1. The van der Waals surface area contributed by atoms with Gasteiger partial charge in [-0.3, -0.25) is 14.2 Å². The van der Waals surface area contributed by atoms with Crippen LogP contribution in [0.1, 0.15) is 21.6 Å². The molecule has 0 saturated carbocycles. The molecule has 0 bridgehead atoms. The number of rotatable bonds is 5. The number of aromatic nitrogens is 1. The number of carboxylic acids is 1. The molecule has 0 spiro atoms. The van der Waals surface area contributed by atoms with E-state index in [4.69, 9.17) is 5.11 Å². The molecule has 10 heteroatoms. The first-order valence-corrected chi connectivity index (χ1v) is 8.39. The molecular formula is C17H12F3NO5S. The monoisotopic (exact) mass is 399 g/mol. The molecule has 3 rings (SSSR count). The molecule has 27 heavy (non-hydrogen) atoms. The molecule has 142 valence electrons. The van der Waals surface area contributed by atoms with Gasteiger partial charge in [0.2, 0.25) is 0 Å². The van der Waals surface area contributed by atoms with E-state index in [9.17, 15) is 27.9 Å². The molecule has 0 aliphatic heterocycles. The predicted molar refractivity (Wildman–Crippen MR) is 90.3 cm³/mol. The molecule has 6 nitrogen and oxygen atoms in total. The normalized spacial score (nSPS) is 11.3. The van der Waals surface area contributed by atoms with Crippen molar-refractivity contribution in [1.82, 2.24) is 4.57 Å². The van der Waals surface area contributed by atoms with E-state index in [1.807, 2.05) is 0 Å². The number of carbonyl (C=O) groups is 2. The van der Waals surface area contributed by atoms with Gasteiger partial charge in [-0.2, -0.15) is 8.78 Å². The number of thiophene rings is 1. The molecular weight excluding hydrogens is 387 g/mol. The smallest absolute Gasteiger partial charge is 0.388 e. The molecule has 0 unspecified atom stereocenters. The van der Waals surface area contributed by atoms with Crippen LogP contribution in [0.25, 0.3) is 10.9 Å². The first-order chi connectivity index (χ1) is 12.7. The largest absolute Gasteiger partial charge is 0.505 e. The van der Waals surface area contributed by atoms with Crippen LogP contribution in [0.2, 0.25) is 0 Å². The maximum atomic E-state index is 13.9. The molecule has 2 N–H and O–H groups in total. The maximum absolute atomic E-state index is 13.9. The Morgan fingerprint density at radius 2 is 2.00 bits per heavy atom. The van der Waals surface area contributed by atoms with Crippen molar-refractivity contribution in [1.29, 1.82) is 0 Å². The maximum Gasteiger partial charge on any atom is 0.388 e. The Morgan fingerprint density at radius 3 is 2.63 bits per heavy atom. The number of phenols is 1. The Balaban J connectivity index is 2.16. The lowest BCUT2D eigenvalue weighted by Gasteiger charge is -2.06. The third-order valence-electron chi connectivity index (χ3n) is 3.96. The SMILES string of the molecule is Cc1c(CC(=O)O)c2cc(O)c(F)cc2n1C(=O)c1csc(OC(F)F)c1. The van der Waals surface area contributed by atoms with Crippen LogP contribution in [0.5, 0.6) is 10.8 Å². The minimum absolute atomic E-state index is 0.0195. The van der Waals surface area contributed by atoms with Crippen LogP contribution in [-0.4, -0.2) is 33.3 Å². The van der Waals surface area contributed by atoms with E-state index in [0.29, 0.717) is 0 Å². The average molecular weight is 399 g/mol. The lowest BCUT2D eigenvalue weighted by Crippen LogP contribution is -2.13. The topological polar surface area (TPSA) is 88.8 Å². The Hall–Kier alpha value is -3.01. The second-order valence-electron chi connectivity index (χ2n) is 5.63. The lowest BCUT2D eigenvalue weighted by molar-refractivity contribution is -0.136. The van der Waals surface area contributed by atoms with Gasteiger partial charge in [0, 0.05) is 28.6 Å². The first kappa shape index (κ1) is 18.8. The van der Waals surface area contributed by atoms with E-state index in [2.05, 4.69) is 4.74 Å². The van der Waals surface area contributed by atoms with Gasteiger partial charge in [-0.1, -0.05) is 0 Å². The minimum atomic E-state index is -3.04. The standard InChI is InChI=1S/C17H12F3NO5S/c1-7-9(4-14(23)24)10-3-13(22)11(18)5-12(10)21(7)16(25)8-2-15(27-6-8)26-17(19)20/h2-3,5-6,17,22H,4H2,1H3,(H,23,24). The zero-order chi connectivity index (χ0) is 19.9. The summed E-state index contributed by atoms with van der Waals surface area (Å²) in [5.74, 6) is -3.50. The van der Waals surface area contributed by atoms with Crippen LogP contribution in [0.3, 0.4) is 0 Å². The first-order valence-electron chi connectivity index (χ1n) is 7.51. The third-order valence-corrected chi connectivity index (χ3v) is 4.78. The van der Waals surface area contributed by atoms with Gasteiger partial charge in [0.15, 0.2) is 16.6 Å². The summed E-state index contributed by atoms with van der Waals surface area (Å²) in [5, 5.41) is 20.1. The van der Waals surface area contributed by atoms with Crippen molar-refractivity contribution in [2.45, 2.75) is 20.0 Å². The zero-order valence-corrected chi connectivity index (χ0v) is 14.5. The second-order valence-corrected chi connectivity index (χ2v) is 6.50. The van der Waals surface area contributed by atoms with Gasteiger partial charge < -0.3 is 14.9 Å². The number of hydrogen-bond acceptors (Lipinski definition) is 5. The van der Waals surface area contributed by atoms with Gasteiger partial charge in [-0.25, -0.2) is 4.39 Å². The summed E-state index contributed by atoms with van der Waals surface area (Å²) in [7, 11) is 0. The number of phenolic OH excluding ortho intramolecular Hbond substituents is 1. The van der Waals surface area contributed by atoms with Crippen LogP contribution in [-0.2, 0) is 11.2 Å². The number of ether oxygens (including phenoxy) is 1. The fourth-order valence-electron chi connectivity index (χ4n) is 2.83. The number of carbonyl (C=O) groups excluding carboxylic acids is 1. The van der Waals surface area contributed by atoms with Crippen LogP contribution >= 0.6 is 11.3 Å². The van der Waals surface area contributed by atoms with Crippen LogP contribution < -0.4 is 4.74 Å². The molecule has 0 radical (unpaired) electrons. The summed E-state index contributed by atoms with van der Waals surface area (Å²) in [6.45, 7) is -1.56. The van der Waals surface area contributed by atoms with Crippen molar-refractivity contribution < 1.29 is 37.7 Å². The number of aromatic hydroxyl groups is 1. The summed E-state index contributed by atoms with van der Waals surface area (Å²) < 4.78 is 43.8. The van der Waals surface area contributed by atoms with Gasteiger partial charge in [0.25, 0.3) is 5.91 Å². The number of hydrogen-bond donors (Lipinski definition) is 2. The Bertz CT molecular complexity index is 1060. The number of alkyl halides is 2. The van der Waals surface area contributed by atoms with Crippen molar-refractivity contribution in [2.75, 3.05) is 0 Å². The Morgan fingerprint density at radius 1 is 1.30 bits per heavy atom. The van der Waals surface area contributed by atoms with Gasteiger partial charge in [-0.15, -0.1) is 11.3 Å². The van der Waals surface area contributed by atoms with E-state index in [0.717, 1.165) is 34.1 Å². The van der Waals surface area contributed by atoms with Crippen molar-refractivity contribution in [2.24, 2.45) is 0 Å². The second kappa shape index (κ2) is 6.95. The predicted octanol–water partition coefficient (Wildman–Crippen LogP) is 3.77. The van der Waals surface area contributed by atoms with Gasteiger partial charge >= 0.3 is 12.6 Å². The number of benzene rings is 1. The fraction of sp³-hybridized carbons (Fsp3) is 0.176. The average Bonchev–Trinajstić information content (AvgIpc) is 3.11. The molecule has 0 amide bonds. The third kappa shape index (κ3) is 3.47. The molecule has 0 aliphatic carbocycles. The summed E-state index contributed by atoms with van der Waals surface area (Å²) in [4.78, 5) is 24.0. The number of nitrogens with zero attached hydrogens (tertiary/aromatic N) is 1. The zero-order valence-electron chi connectivity index (χ0n) is 13.7. The van der Waals surface area contributed by atoms with Crippen molar-refractivity contribution in [3.05, 3.63) is 46.2 Å². The van der Waals surface area contributed by atoms with Gasteiger partial charge in [-0.05, 0) is 18.6 Å². The van der Waals surface area contributed by atoms with Crippen LogP contribution in [0, 0.1) is 12.7 Å². The van der Waals surface area contributed by atoms with Crippen LogP contribution in [0.15, 0.2) is 23.6 Å². The number of carboxylic acid groups (broad SMARTS) is 1. The summed E-state index contributed by atoms with van der Waals surface area (Å²) in [5.41, 5.74) is 0.558. The fourth-order valence-corrected chi connectivity index (χ4v) is 3.57. The molecule has 0 aliphatic rings. The lowest BCUT2D eigenvalue weighted by atomic mass is 10.1. The summed E-state index contributed by atoms with van der Waals surface area (Å²) in [6, 6.07) is 3.10. The summed E-state index contributed by atoms with van der Waals surface area (Å²) in [6.07, 6.45) is -0.447. The molecule has 1 aromatic carbocycles. The molecule has 3 aromatic rings. The molecule has 0 saturated heterocycles. The molecule has 0 fully saturated rings. The minimum Gasteiger partial charge on any atom is -0.505 e. The summed E-state index contributed by atoms with van der Waals surface area (Å²) >= 11 is 0.791. The number of fused-ring (bicyclic) bond motifs is 1. The molecule has 0 atom stereocenters. The molecule has 2 heterocycles.